The van der Waals surface area contributed by atoms with Gasteiger partial charge < -0.3 is 10.1 Å². The van der Waals surface area contributed by atoms with Gasteiger partial charge in [-0.3, -0.25) is 0 Å². The second-order valence-corrected chi connectivity index (χ2v) is 7.81. The van der Waals surface area contributed by atoms with Crippen LogP contribution in [0.3, 0.4) is 0 Å². The number of fused-ring (bicyclic) bond motifs is 3. The summed E-state index contributed by atoms with van der Waals surface area (Å²) in [7, 11) is 0. The molecule has 3 aromatic carbocycles. The van der Waals surface area contributed by atoms with E-state index < -0.39 is 12.1 Å². The van der Waals surface area contributed by atoms with E-state index in [1.165, 1.54) is 18.0 Å². The summed E-state index contributed by atoms with van der Waals surface area (Å²) in [5, 5.41) is 7.86. The molecule has 1 aromatic heterocycles. The second-order valence-electron chi connectivity index (χ2n) is 7.81. The van der Waals surface area contributed by atoms with Crippen molar-refractivity contribution in [2.24, 2.45) is 0 Å². The Morgan fingerprint density at radius 2 is 1.74 bits per heavy atom. The quantitative estimate of drug-likeness (QED) is 0.488. The number of aromatic nitrogens is 3. The minimum atomic E-state index is -0.491. The van der Waals surface area contributed by atoms with Gasteiger partial charge in [-0.25, -0.2) is 9.07 Å². The Bertz CT molecular complexity index is 1330. The number of nitrogens with zero attached hydrogens (tertiary/aromatic N) is 3. The molecule has 5 nitrogen and oxygen atoms in total. The van der Waals surface area contributed by atoms with Gasteiger partial charge in [-0.05, 0) is 30.7 Å². The molecule has 31 heavy (non-hydrogen) atoms. The Hall–Kier alpha value is -3.93. The Morgan fingerprint density at radius 3 is 2.58 bits per heavy atom. The molecule has 3 heterocycles. The number of benzene rings is 3. The van der Waals surface area contributed by atoms with Crippen LogP contribution in [0, 0.1) is 12.7 Å². The molecule has 4 aromatic rings. The van der Waals surface area contributed by atoms with Gasteiger partial charge in [0.15, 0.2) is 0 Å². The molecule has 1 N–H and O–H groups in total. The fourth-order valence-corrected chi connectivity index (χ4v) is 4.43. The zero-order valence-electron chi connectivity index (χ0n) is 16.8. The van der Waals surface area contributed by atoms with E-state index in [0.717, 1.165) is 28.1 Å². The molecule has 0 bridgehead atoms. The lowest BCUT2D eigenvalue weighted by atomic mass is 9.84. The molecule has 2 aliphatic heterocycles. The molecule has 152 valence electrons. The van der Waals surface area contributed by atoms with Gasteiger partial charge in [-0.2, -0.15) is 10.1 Å². The molecule has 6 rings (SSSR count). The summed E-state index contributed by atoms with van der Waals surface area (Å²) in [6.45, 7) is 2.05. The zero-order valence-corrected chi connectivity index (χ0v) is 16.8. The van der Waals surface area contributed by atoms with Crippen LogP contribution >= 0.6 is 0 Å². The third kappa shape index (κ3) is 2.75. The van der Waals surface area contributed by atoms with Gasteiger partial charge in [0.25, 0.3) is 0 Å². The third-order valence-corrected chi connectivity index (χ3v) is 5.90. The van der Waals surface area contributed by atoms with Crippen LogP contribution in [0.1, 0.15) is 34.4 Å². The molecule has 0 saturated heterocycles. The van der Waals surface area contributed by atoms with Gasteiger partial charge in [0.05, 0.1) is 5.70 Å². The van der Waals surface area contributed by atoms with Crippen LogP contribution < -0.4 is 10.1 Å². The number of nitrogens with one attached hydrogen (secondary N) is 1. The van der Waals surface area contributed by atoms with E-state index in [-0.39, 0.29) is 5.82 Å². The van der Waals surface area contributed by atoms with Crippen molar-refractivity contribution in [3.05, 3.63) is 113 Å². The van der Waals surface area contributed by atoms with Crippen LogP contribution in [0.25, 0.3) is 5.70 Å². The van der Waals surface area contributed by atoms with Gasteiger partial charge in [0.1, 0.15) is 30.0 Å². The standard InChI is InChI=1S/C25H19FN4O/c1-15-10-12-16(13-11-15)24-21-22(18-7-3-5-9-20(18)31-24)29-25-27-14-28-30(25)23(21)17-6-2-4-8-19(17)26/h2-14,23-24H,1H3,(H,27,28,29)/t23-,24-/m0/s1. The third-order valence-electron chi connectivity index (χ3n) is 5.90. The second kappa shape index (κ2) is 6.80. The predicted molar refractivity (Wildman–Crippen MR) is 116 cm³/mol. The molecule has 0 saturated carbocycles. The SMILES string of the molecule is Cc1ccc([C@@H]2Oc3ccccc3C3=C2[C@H](c2ccccc2F)n2ncnc2N3)cc1. The van der Waals surface area contributed by atoms with E-state index in [0.29, 0.717) is 11.5 Å². The average molecular weight is 410 g/mol. The Kier molecular flexibility index (Phi) is 3.93. The molecule has 0 unspecified atom stereocenters. The first-order valence-corrected chi connectivity index (χ1v) is 10.2. The lowest BCUT2D eigenvalue weighted by molar-refractivity contribution is 0.222. The fraction of sp³-hybridized carbons (Fsp3) is 0.120. The normalized spacial score (nSPS) is 19.0. The van der Waals surface area contributed by atoms with Gasteiger partial charge in [-0.1, -0.05) is 60.2 Å². The van der Waals surface area contributed by atoms with Crippen molar-refractivity contribution in [2.75, 3.05) is 5.32 Å². The monoisotopic (exact) mass is 410 g/mol. The topological polar surface area (TPSA) is 52.0 Å². The molecule has 2 aliphatic rings. The minimum Gasteiger partial charge on any atom is -0.480 e. The van der Waals surface area contributed by atoms with E-state index in [2.05, 4.69) is 46.6 Å². The number of para-hydroxylation sites is 1. The van der Waals surface area contributed by atoms with Gasteiger partial charge in [0.2, 0.25) is 5.95 Å². The summed E-state index contributed by atoms with van der Waals surface area (Å²) in [5.41, 5.74) is 5.42. The van der Waals surface area contributed by atoms with Crippen LogP contribution in [-0.4, -0.2) is 14.8 Å². The number of hydrogen-bond donors (Lipinski definition) is 1. The van der Waals surface area contributed by atoms with Crippen molar-refractivity contribution in [1.29, 1.82) is 0 Å². The maximum absolute atomic E-state index is 15.1. The molecule has 0 radical (unpaired) electrons. The number of aryl methyl sites for hydroxylation is 1. The highest BCUT2D eigenvalue weighted by atomic mass is 19.1. The largest absolute Gasteiger partial charge is 0.480 e. The zero-order chi connectivity index (χ0) is 20.9. The van der Waals surface area contributed by atoms with Crippen molar-refractivity contribution in [3.63, 3.8) is 0 Å². The van der Waals surface area contributed by atoms with Gasteiger partial charge >= 0.3 is 0 Å². The number of ether oxygens (including phenoxy) is 1. The Labute approximate surface area is 178 Å². The first-order valence-electron chi connectivity index (χ1n) is 10.2. The predicted octanol–water partition coefficient (Wildman–Crippen LogP) is 5.29. The van der Waals surface area contributed by atoms with Crippen molar-refractivity contribution in [2.45, 2.75) is 19.1 Å². The summed E-state index contributed by atoms with van der Waals surface area (Å²) in [4.78, 5) is 4.38. The van der Waals surface area contributed by atoms with E-state index in [1.807, 2.05) is 30.3 Å². The summed E-state index contributed by atoms with van der Waals surface area (Å²) >= 11 is 0. The highest BCUT2D eigenvalue weighted by molar-refractivity contribution is 5.85. The highest BCUT2D eigenvalue weighted by Gasteiger charge is 2.41. The van der Waals surface area contributed by atoms with Gasteiger partial charge in [-0.15, -0.1) is 0 Å². The number of rotatable bonds is 2. The molecular weight excluding hydrogens is 391 g/mol. The molecule has 0 fully saturated rings. The summed E-state index contributed by atoms with van der Waals surface area (Å²) in [6, 6.07) is 22.5. The number of hydrogen-bond acceptors (Lipinski definition) is 4. The Balaban J connectivity index is 1.65. The van der Waals surface area contributed by atoms with E-state index >= 15 is 4.39 Å². The van der Waals surface area contributed by atoms with Crippen molar-refractivity contribution in [1.82, 2.24) is 14.8 Å². The smallest absolute Gasteiger partial charge is 0.226 e. The maximum atomic E-state index is 15.1. The van der Waals surface area contributed by atoms with E-state index in [9.17, 15) is 0 Å². The first-order chi connectivity index (χ1) is 15.2. The fourth-order valence-electron chi connectivity index (χ4n) is 4.43. The minimum absolute atomic E-state index is 0.288. The molecule has 0 amide bonds. The van der Waals surface area contributed by atoms with E-state index in [1.54, 1.807) is 16.8 Å². The number of anilines is 1. The summed E-state index contributed by atoms with van der Waals surface area (Å²) in [5.74, 6) is 1.06. The van der Waals surface area contributed by atoms with Crippen LogP contribution in [0.2, 0.25) is 0 Å². The van der Waals surface area contributed by atoms with Crippen LogP contribution in [0.4, 0.5) is 10.3 Å². The lowest BCUT2D eigenvalue weighted by Gasteiger charge is -2.39. The highest BCUT2D eigenvalue weighted by Crippen LogP contribution is 2.50. The lowest BCUT2D eigenvalue weighted by Crippen LogP contribution is -2.32. The molecule has 0 spiro atoms. The summed E-state index contributed by atoms with van der Waals surface area (Å²) in [6.07, 6.45) is 1.09. The molecule has 0 aliphatic carbocycles. The molecular formula is C25H19FN4O. The van der Waals surface area contributed by atoms with Crippen LogP contribution in [0.5, 0.6) is 5.75 Å². The maximum Gasteiger partial charge on any atom is 0.226 e. The van der Waals surface area contributed by atoms with Crippen molar-refractivity contribution >= 4 is 11.6 Å². The Morgan fingerprint density at radius 1 is 0.968 bits per heavy atom. The number of halogens is 1. The molecule has 2 atom stereocenters. The first kappa shape index (κ1) is 17.9. The molecule has 6 heteroatoms. The van der Waals surface area contributed by atoms with E-state index in [4.69, 9.17) is 4.74 Å². The van der Waals surface area contributed by atoms with Crippen LogP contribution in [-0.2, 0) is 0 Å². The average Bonchev–Trinajstić information content (AvgIpc) is 3.27. The van der Waals surface area contributed by atoms with Crippen molar-refractivity contribution in [3.8, 4) is 5.75 Å². The van der Waals surface area contributed by atoms with Crippen LogP contribution in [0.15, 0.2) is 84.7 Å². The van der Waals surface area contributed by atoms with Crippen molar-refractivity contribution < 1.29 is 9.13 Å². The summed E-state index contributed by atoms with van der Waals surface area (Å²) < 4.78 is 23.3. The van der Waals surface area contributed by atoms with Gasteiger partial charge in [0, 0.05) is 16.7 Å².